The molecule has 1 aromatic carbocycles. The fraction of sp³-hybridized carbons (Fsp3) is 0.562. The van der Waals surface area contributed by atoms with Crippen molar-refractivity contribution < 1.29 is 9.53 Å². The summed E-state index contributed by atoms with van der Waals surface area (Å²) >= 11 is 0. The van der Waals surface area contributed by atoms with E-state index in [1.165, 1.54) is 0 Å². The standard InChI is InChI=1S/C16H24N2O2/c1-3-13(2)15-11-17-9-10-18(15)16(19)20-12-14-7-5-4-6-8-14/h4-8,13,15,17H,3,9-12H2,1-2H3/t13-,15+/m0/s1. The predicted molar refractivity (Wildman–Crippen MR) is 79.4 cm³/mol. The zero-order valence-corrected chi connectivity index (χ0v) is 12.3. The highest BCUT2D eigenvalue weighted by Crippen LogP contribution is 2.17. The van der Waals surface area contributed by atoms with Gasteiger partial charge in [-0.2, -0.15) is 0 Å². The highest BCUT2D eigenvalue weighted by atomic mass is 16.6. The maximum atomic E-state index is 12.3. The van der Waals surface area contributed by atoms with E-state index < -0.39 is 0 Å². The van der Waals surface area contributed by atoms with Gasteiger partial charge in [-0.1, -0.05) is 50.6 Å². The van der Waals surface area contributed by atoms with E-state index in [-0.39, 0.29) is 12.1 Å². The van der Waals surface area contributed by atoms with Crippen LogP contribution < -0.4 is 5.32 Å². The summed E-state index contributed by atoms with van der Waals surface area (Å²) in [4.78, 5) is 14.2. The first kappa shape index (κ1) is 14.9. The number of nitrogens with zero attached hydrogens (tertiary/aromatic N) is 1. The Morgan fingerprint density at radius 1 is 1.45 bits per heavy atom. The monoisotopic (exact) mass is 276 g/mol. The third-order valence-corrected chi connectivity index (χ3v) is 4.02. The van der Waals surface area contributed by atoms with Crippen molar-refractivity contribution in [3.05, 3.63) is 35.9 Å². The zero-order chi connectivity index (χ0) is 14.4. The number of nitrogens with one attached hydrogen (secondary N) is 1. The number of benzene rings is 1. The van der Waals surface area contributed by atoms with Gasteiger partial charge in [0.05, 0.1) is 6.04 Å². The summed E-state index contributed by atoms with van der Waals surface area (Å²) in [6.07, 6.45) is 0.870. The van der Waals surface area contributed by atoms with Crippen LogP contribution in [0.1, 0.15) is 25.8 Å². The molecule has 1 fully saturated rings. The second kappa shape index (κ2) is 7.29. The molecule has 1 aromatic rings. The van der Waals surface area contributed by atoms with Crippen LogP contribution in [0.15, 0.2) is 30.3 Å². The summed E-state index contributed by atoms with van der Waals surface area (Å²) in [6, 6.07) is 10.0. The SMILES string of the molecule is CC[C@H](C)[C@H]1CNCCN1C(=O)OCc1ccccc1. The van der Waals surface area contributed by atoms with Crippen LogP contribution in [0.5, 0.6) is 0 Å². The first-order valence-electron chi connectivity index (χ1n) is 7.40. The van der Waals surface area contributed by atoms with Crippen molar-refractivity contribution in [3.8, 4) is 0 Å². The van der Waals surface area contributed by atoms with Gasteiger partial charge in [0.25, 0.3) is 0 Å². The average molecular weight is 276 g/mol. The number of hydrogen-bond donors (Lipinski definition) is 1. The van der Waals surface area contributed by atoms with E-state index in [0.29, 0.717) is 12.5 Å². The van der Waals surface area contributed by atoms with Gasteiger partial charge < -0.3 is 15.0 Å². The first-order chi connectivity index (χ1) is 9.72. The molecule has 0 unspecified atom stereocenters. The van der Waals surface area contributed by atoms with Crippen molar-refractivity contribution in [2.45, 2.75) is 32.9 Å². The van der Waals surface area contributed by atoms with Crippen LogP contribution >= 0.6 is 0 Å². The van der Waals surface area contributed by atoms with Gasteiger partial charge in [-0.25, -0.2) is 4.79 Å². The van der Waals surface area contributed by atoms with Crippen LogP contribution in [0, 0.1) is 5.92 Å². The summed E-state index contributed by atoms with van der Waals surface area (Å²) in [5, 5.41) is 3.36. The fourth-order valence-corrected chi connectivity index (χ4v) is 2.53. The maximum absolute atomic E-state index is 12.3. The Balaban J connectivity index is 1.92. The van der Waals surface area contributed by atoms with E-state index in [9.17, 15) is 4.79 Å². The molecule has 4 heteroatoms. The molecule has 1 heterocycles. The van der Waals surface area contributed by atoms with Gasteiger partial charge in [0.15, 0.2) is 0 Å². The smallest absolute Gasteiger partial charge is 0.410 e. The third kappa shape index (κ3) is 3.73. The number of carbonyl (C=O) groups is 1. The molecule has 4 nitrogen and oxygen atoms in total. The molecular weight excluding hydrogens is 252 g/mol. The van der Waals surface area contributed by atoms with Gasteiger partial charge in [0.2, 0.25) is 0 Å². The Hall–Kier alpha value is -1.55. The molecule has 0 spiro atoms. The molecule has 1 saturated heterocycles. The van der Waals surface area contributed by atoms with Crippen molar-refractivity contribution in [2.24, 2.45) is 5.92 Å². The molecule has 110 valence electrons. The average Bonchev–Trinajstić information content (AvgIpc) is 2.52. The minimum Gasteiger partial charge on any atom is -0.445 e. The van der Waals surface area contributed by atoms with Crippen LogP contribution in [0.4, 0.5) is 4.79 Å². The summed E-state index contributed by atoms with van der Waals surface area (Å²) in [5.74, 6) is 0.479. The Kier molecular flexibility index (Phi) is 5.41. The molecule has 2 atom stereocenters. The molecule has 1 N–H and O–H groups in total. The van der Waals surface area contributed by atoms with Crippen molar-refractivity contribution >= 4 is 6.09 Å². The van der Waals surface area contributed by atoms with E-state index in [1.54, 1.807) is 0 Å². The van der Waals surface area contributed by atoms with E-state index >= 15 is 0 Å². The van der Waals surface area contributed by atoms with Gasteiger partial charge >= 0.3 is 6.09 Å². The number of piperazine rings is 1. The fourth-order valence-electron chi connectivity index (χ4n) is 2.53. The van der Waals surface area contributed by atoms with Crippen molar-refractivity contribution in [3.63, 3.8) is 0 Å². The second-order valence-electron chi connectivity index (χ2n) is 5.39. The van der Waals surface area contributed by atoms with Crippen molar-refractivity contribution in [1.29, 1.82) is 0 Å². The summed E-state index contributed by atoms with van der Waals surface area (Å²) in [6.45, 7) is 7.12. The number of carbonyl (C=O) groups excluding carboxylic acids is 1. The lowest BCUT2D eigenvalue weighted by molar-refractivity contribution is 0.0585. The summed E-state index contributed by atoms with van der Waals surface area (Å²) < 4.78 is 5.45. The Morgan fingerprint density at radius 2 is 2.20 bits per heavy atom. The summed E-state index contributed by atoms with van der Waals surface area (Å²) in [5.41, 5.74) is 1.02. The molecule has 0 radical (unpaired) electrons. The summed E-state index contributed by atoms with van der Waals surface area (Å²) in [7, 11) is 0. The van der Waals surface area contributed by atoms with E-state index in [1.807, 2.05) is 35.2 Å². The lowest BCUT2D eigenvalue weighted by Gasteiger charge is -2.38. The van der Waals surface area contributed by atoms with E-state index in [0.717, 1.165) is 31.6 Å². The second-order valence-corrected chi connectivity index (χ2v) is 5.39. The molecule has 2 rings (SSSR count). The molecule has 0 aromatic heterocycles. The highest BCUT2D eigenvalue weighted by molar-refractivity contribution is 5.68. The molecule has 1 aliphatic heterocycles. The minimum absolute atomic E-state index is 0.194. The van der Waals surface area contributed by atoms with Crippen molar-refractivity contribution in [2.75, 3.05) is 19.6 Å². The number of rotatable bonds is 4. The van der Waals surface area contributed by atoms with Gasteiger partial charge in [-0.15, -0.1) is 0 Å². The third-order valence-electron chi connectivity index (χ3n) is 4.02. The minimum atomic E-state index is -0.194. The first-order valence-corrected chi connectivity index (χ1v) is 7.40. The largest absolute Gasteiger partial charge is 0.445 e. The molecule has 20 heavy (non-hydrogen) atoms. The predicted octanol–water partition coefficient (Wildman–Crippen LogP) is 2.64. The van der Waals surface area contributed by atoms with Crippen LogP contribution in [0.3, 0.4) is 0 Å². The van der Waals surface area contributed by atoms with Gasteiger partial charge in [0, 0.05) is 19.6 Å². The Labute approximate surface area is 121 Å². The van der Waals surface area contributed by atoms with Gasteiger partial charge in [-0.05, 0) is 11.5 Å². The quantitative estimate of drug-likeness (QED) is 0.919. The molecule has 0 saturated carbocycles. The molecular formula is C16H24N2O2. The van der Waals surface area contributed by atoms with Crippen LogP contribution in [-0.4, -0.2) is 36.7 Å². The molecule has 1 amide bonds. The number of ether oxygens (including phenoxy) is 1. The number of hydrogen-bond acceptors (Lipinski definition) is 3. The topological polar surface area (TPSA) is 41.6 Å². The van der Waals surface area contributed by atoms with Gasteiger partial charge in [0.1, 0.15) is 6.61 Å². The van der Waals surface area contributed by atoms with Crippen molar-refractivity contribution in [1.82, 2.24) is 10.2 Å². The highest BCUT2D eigenvalue weighted by Gasteiger charge is 2.30. The van der Waals surface area contributed by atoms with Gasteiger partial charge in [-0.3, -0.25) is 0 Å². The molecule has 0 bridgehead atoms. The Morgan fingerprint density at radius 3 is 2.90 bits per heavy atom. The van der Waals surface area contributed by atoms with E-state index in [4.69, 9.17) is 4.74 Å². The normalized spacial score (nSPS) is 20.5. The van der Waals surface area contributed by atoms with Crippen LogP contribution in [0.2, 0.25) is 0 Å². The van der Waals surface area contributed by atoms with E-state index in [2.05, 4.69) is 19.2 Å². The van der Waals surface area contributed by atoms with Crippen LogP contribution in [0.25, 0.3) is 0 Å². The molecule has 0 aliphatic carbocycles. The van der Waals surface area contributed by atoms with Crippen LogP contribution in [-0.2, 0) is 11.3 Å². The molecule has 1 aliphatic rings. The number of amides is 1. The maximum Gasteiger partial charge on any atom is 0.410 e. The Bertz CT molecular complexity index is 422. The lowest BCUT2D eigenvalue weighted by atomic mass is 9.96. The zero-order valence-electron chi connectivity index (χ0n) is 12.3. The lowest BCUT2D eigenvalue weighted by Crippen LogP contribution is -2.56.